The van der Waals surface area contributed by atoms with Gasteiger partial charge < -0.3 is 14.7 Å². The number of carboxylic acid groups (broad SMARTS) is 1. The minimum absolute atomic E-state index is 0.0766. The maximum absolute atomic E-state index is 12.0. The molecule has 0 unspecified atom stereocenters. The molecule has 5 nitrogen and oxygen atoms in total. The summed E-state index contributed by atoms with van der Waals surface area (Å²) in [4.78, 5) is 24.1. The van der Waals surface area contributed by atoms with Gasteiger partial charge >= 0.3 is 5.97 Å². The molecule has 0 bridgehead atoms. The highest BCUT2D eigenvalue weighted by atomic mass is 16.5. The van der Waals surface area contributed by atoms with Crippen LogP contribution in [0.2, 0.25) is 0 Å². The Morgan fingerprint density at radius 2 is 1.90 bits per heavy atom. The van der Waals surface area contributed by atoms with Gasteiger partial charge in [-0.25, -0.2) is 0 Å². The van der Waals surface area contributed by atoms with Gasteiger partial charge in [0.2, 0.25) is 5.91 Å². The number of nitrogens with zero attached hydrogens (tertiary/aromatic N) is 1. The first-order valence-corrected chi connectivity index (χ1v) is 7.10. The van der Waals surface area contributed by atoms with Crippen LogP contribution >= 0.6 is 0 Å². The Morgan fingerprint density at radius 1 is 1.24 bits per heavy atom. The Morgan fingerprint density at radius 3 is 2.48 bits per heavy atom. The predicted molar refractivity (Wildman–Crippen MR) is 80.0 cm³/mol. The van der Waals surface area contributed by atoms with Crippen LogP contribution in [0.25, 0.3) is 0 Å². The van der Waals surface area contributed by atoms with Crippen molar-refractivity contribution in [3.8, 4) is 0 Å². The Hall–Kier alpha value is -1.88. The average Bonchev–Trinajstić information content (AvgIpc) is 2.43. The number of aliphatic carboxylic acids is 1. The van der Waals surface area contributed by atoms with Crippen LogP contribution < -0.4 is 0 Å². The molecule has 0 aliphatic carbocycles. The molecule has 0 heterocycles. The lowest BCUT2D eigenvalue weighted by molar-refractivity contribution is -0.146. The molecule has 21 heavy (non-hydrogen) atoms. The van der Waals surface area contributed by atoms with Crippen molar-refractivity contribution < 1.29 is 19.4 Å². The van der Waals surface area contributed by atoms with Crippen LogP contribution in [0.1, 0.15) is 19.4 Å². The summed E-state index contributed by atoms with van der Waals surface area (Å²) in [7, 11) is 0. The van der Waals surface area contributed by atoms with Gasteiger partial charge in [-0.1, -0.05) is 44.2 Å². The molecular weight excluding hydrogens is 270 g/mol. The zero-order valence-electron chi connectivity index (χ0n) is 12.6. The SMILES string of the molecule is CC(C)CN(CC(=O)O)C(=O)COCCc1ccccc1. The summed E-state index contributed by atoms with van der Waals surface area (Å²) in [6.07, 6.45) is 0.733. The molecular formula is C16H23NO4. The Labute approximate surface area is 125 Å². The fraction of sp³-hybridized carbons (Fsp3) is 0.500. The van der Waals surface area contributed by atoms with E-state index >= 15 is 0 Å². The minimum Gasteiger partial charge on any atom is -0.480 e. The summed E-state index contributed by atoms with van der Waals surface area (Å²) in [6, 6.07) is 9.86. The molecule has 0 saturated carbocycles. The average molecular weight is 293 g/mol. The molecule has 0 spiro atoms. The number of carboxylic acids is 1. The van der Waals surface area contributed by atoms with E-state index in [0.29, 0.717) is 13.2 Å². The highest BCUT2D eigenvalue weighted by Gasteiger charge is 2.17. The van der Waals surface area contributed by atoms with E-state index in [1.54, 1.807) is 0 Å². The zero-order chi connectivity index (χ0) is 15.7. The van der Waals surface area contributed by atoms with Gasteiger partial charge in [0.1, 0.15) is 13.2 Å². The molecule has 0 radical (unpaired) electrons. The fourth-order valence-corrected chi connectivity index (χ4v) is 1.94. The van der Waals surface area contributed by atoms with E-state index in [-0.39, 0.29) is 25.0 Å². The first kappa shape index (κ1) is 17.2. The van der Waals surface area contributed by atoms with Crippen molar-refractivity contribution in [1.29, 1.82) is 0 Å². The highest BCUT2D eigenvalue weighted by Crippen LogP contribution is 2.02. The van der Waals surface area contributed by atoms with Crippen LogP contribution in [0, 0.1) is 5.92 Å². The van der Waals surface area contributed by atoms with Crippen molar-refractivity contribution in [3.63, 3.8) is 0 Å². The summed E-state index contributed by atoms with van der Waals surface area (Å²) in [5, 5.41) is 8.83. The predicted octanol–water partition coefficient (Wildman–Crippen LogP) is 1.81. The second-order valence-electron chi connectivity index (χ2n) is 5.35. The van der Waals surface area contributed by atoms with E-state index in [9.17, 15) is 9.59 Å². The van der Waals surface area contributed by atoms with Crippen molar-refractivity contribution in [2.24, 2.45) is 5.92 Å². The second-order valence-corrected chi connectivity index (χ2v) is 5.35. The lowest BCUT2D eigenvalue weighted by atomic mass is 10.2. The number of carbonyl (C=O) groups excluding carboxylic acids is 1. The van der Waals surface area contributed by atoms with Crippen molar-refractivity contribution in [1.82, 2.24) is 4.90 Å². The molecule has 1 N–H and O–H groups in total. The van der Waals surface area contributed by atoms with Gasteiger partial charge in [0, 0.05) is 6.54 Å². The molecule has 1 aromatic rings. The van der Waals surface area contributed by atoms with E-state index in [1.165, 1.54) is 4.90 Å². The zero-order valence-corrected chi connectivity index (χ0v) is 12.6. The standard InChI is InChI=1S/C16H23NO4/c1-13(2)10-17(11-16(19)20)15(18)12-21-9-8-14-6-4-3-5-7-14/h3-7,13H,8-12H2,1-2H3,(H,19,20). The number of rotatable bonds is 9. The molecule has 0 aliphatic rings. The highest BCUT2D eigenvalue weighted by molar-refractivity contribution is 5.82. The summed E-state index contributed by atoms with van der Waals surface area (Å²) in [6.45, 7) is 4.40. The van der Waals surface area contributed by atoms with Crippen molar-refractivity contribution >= 4 is 11.9 Å². The summed E-state index contributed by atoms with van der Waals surface area (Å²) < 4.78 is 5.36. The van der Waals surface area contributed by atoms with Crippen LogP contribution in [0.15, 0.2) is 30.3 Å². The Kier molecular flexibility index (Phi) is 7.46. The molecule has 5 heteroatoms. The molecule has 1 aromatic carbocycles. The number of hydrogen-bond acceptors (Lipinski definition) is 3. The Balaban J connectivity index is 2.34. The van der Waals surface area contributed by atoms with Gasteiger partial charge in [0.15, 0.2) is 0 Å². The number of carbonyl (C=O) groups is 2. The number of ether oxygens (including phenoxy) is 1. The quantitative estimate of drug-likeness (QED) is 0.705. The molecule has 0 fully saturated rings. The van der Waals surface area contributed by atoms with E-state index in [4.69, 9.17) is 9.84 Å². The first-order valence-electron chi connectivity index (χ1n) is 7.10. The van der Waals surface area contributed by atoms with Gasteiger partial charge in [0.25, 0.3) is 0 Å². The first-order chi connectivity index (χ1) is 9.99. The summed E-state index contributed by atoms with van der Waals surface area (Å²) in [5.41, 5.74) is 1.15. The van der Waals surface area contributed by atoms with E-state index < -0.39 is 5.97 Å². The smallest absolute Gasteiger partial charge is 0.323 e. The Bertz CT molecular complexity index is 445. The van der Waals surface area contributed by atoms with Crippen molar-refractivity contribution in [2.45, 2.75) is 20.3 Å². The molecule has 0 saturated heterocycles. The molecule has 0 atom stereocenters. The molecule has 1 rings (SSSR count). The van der Waals surface area contributed by atoms with Crippen LogP contribution in [-0.4, -0.2) is 48.2 Å². The largest absolute Gasteiger partial charge is 0.480 e. The van der Waals surface area contributed by atoms with Gasteiger partial charge in [-0.05, 0) is 17.9 Å². The van der Waals surface area contributed by atoms with Gasteiger partial charge in [-0.15, -0.1) is 0 Å². The molecule has 1 amide bonds. The second kappa shape index (κ2) is 9.13. The maximum atomic E-state index is 12.0. The van der Waals surface area contributed by atoms with Crippen LogP contribution in [0.3, 0.4) is 0 Å². The van der Waals surface area contributed by atoms with E-state index in [1.807, 2.05) is 44.2 Å². The third-order valence-corrected chi connectivity index (χ3v) is 2.87. The normalized spacial score (nSPS) is 10.6. The molecule has 116 valence electrons. The van der Waals surface area contributed by atoms with E-state index in [0.717, 1.165) is 12.0 Å². The minimum atomic E-state index is -1.01. The van der Waals surface area contributed by atoms with Gasteiger partial charge in [-0.3, -0.25) is 9.59 Å². The number of hydrogen-bond donors (Lipinski definition) is 1. The van der Waals surface area contributed by atoms with Crippen LogP contribution in [0.4, 0.5) is 0 Å². The molecule has 0 aliphatic heterocycles. The summed E-state index contributed by atoms with van der Waals surface area (Å²) in [5.74, 6) is -1.06. The monoisotopic (exact) mass is 293 g/mol. The maximum Gasteiger partial charge on any atom is 0.323 e. The summed E-state index contributed by atoms with van der Waals surface area (Å²) >= 11 is 0. The van der Waals surface area contributed by atoms with Crippen molar-refractivity contribution in [3.05, 3.63) is 35.9 Å². The van der Waals surface area contributed by atoms with E-state index in [2.05, 4.69) is 0 Å². The van der Waals surface area contributed by atoms with Gasteiger partial charge in [-0.2, -0.15) is 0 Å². The lowest BCUT2D eigenvalue weighted by Gasteiger charge is -2.22. The molecule has 0 aromatic heterocycles. The lowest BCUT2D eigenvalue weighted by Crippen LogP contribution is -2.40. The van der Waals surface area contributed by atoms with Crippen molar-refractivity contribution in [2.75, 3.05) is 26.3 Å². The number of benzene rings is 1. The topological polar surface area (TPSA) is 66.8 Å². The third-order valence-electron chi connectivity index (χ3n) is 2.87. The number of amides is 1. The van der Waals surface area contributed by atoms with Crippen LogP contribution in [-0.2, 0) is 20.7 Å². The fourth-order valence-electron chi connectivity index (χ4n) is 1.94. The van der Waals surface area contributed by atoms with Crippen LogP contribution in [0.5, 0.6) is 0 Å². The van der Waals surface area contributed by atoms with Gasteiger partial charge in [0.05, 0.1) is 6.61 Å². The third kappa shape index (κ3) is 7.46.